The van der Waals surface area contributed by atoms with Crippen LogP contribution in [0.25, 0.3) is 11.0 Å². The zero-order valence-electron chi connectivity index (χ0n) is 18.2. The van der Waals surface area contributed by atoms with Crippen LogP contribution < -0.4 is 5.32 Å². The van der Waals surface area contributed by atoms with Crippen molar-refractivity contribution in [3.05, 3.63) is 71.8 Å². The highest BCUT2D eigenvalue weighted by atomic mass is 19.4. The Morgan fingerprint density at radius 2 is 2.00 bits per heavy atom. The van der Waals surface area contributed by atoms with Crippen molar-refractivity contribution in [3.63, 3.8) is 0 Å². The summed E-state index contributed by atoms with van der Waals surface area (Å²) < 4.78 is 41.2. The van der Waals surface area contributed by atoms with E-state index in [1.54, 1.807) is 0 Å². The standard InChI is InChI=1S/C25H24F3N3O2/c1-3-20(32)13-16-8-9-19(12-16)31-22-10-7-15(2)11-21(22)29-24(31)30-23(33)17-5-4-6-18(14-17)25(26,27)28/h3-7,10-11,14,16,19H,1,8-9,12-13H2,2H3,(H,29,30,33)/t16-,19+/m1/s1. The smallest absolute Gasteiger partial charge is 0.307 e. The van der Waals surface area contributed by atoms with E-state index in [4.69, 9.17) is 0 Å². The lowest BCUT2D eigenvalue weighted by Gasteiger charge is -2.18. The first kappa shape index (κ1) is 22.8. The highest BCUT2D eigenvalue weighted by Gasteiger charge is 2.32. The fourth-order valence-electron chi connectivity index (χ4n) is 4.51. The second-order valence-electron chi connectivity index (χ2n) is 8.54. The Hall–Kier alpha value is -3.42. The van der Waals surface area contributed by atoms with Crippen molar-refractivity contribution >= 4 is 28.7 Å². The van der Waals surface area contributed by atoms with E-state index in [0.29, 0.717) is 17.9 Å². The molecule has 0 unspecified atom stereocenters. The molecule has 33 heavy (non-hydrogen) atoms. The summed E-state index contributed by atoms with van der Waals surface area (Å²) in [5, 5.41) is 2.72. The number of rotatable bonds is 6. The lowest BCUT2D eigenvalue weighted by molar-refractivity contribution is -0.137. The molecular formula is C25H24F3N3O2. The van der Waals surface area contributed by atoms with Gasteiger partial charge in [-0.3, -0.25) is 14.9 Å². The van der Waals surface area contributed by atoms with Crippen LogP contribution >= 0.6 is 0 Å². The average molecular weight is 455 g/mol. The molecule has 1 aliphatic rings. The molecule has 1 fully saturated rings. The summed E-state index contributed by atoms with van der Waals surface area (Å²) in [5.41, 5.74) is 1.55. The van der Waals surface area contributed by atoms with Crippen molar-refractivity contribution in [2.45, 2.75) is 44.8 Å². The maximum atomic E-state index is 13.1. The third kappa shape index (κ3) is 4.84. The number of alkyl halides is 3. The molecule has 1 amide bonds. The first-order valence-electron chi connectivity index (χ1n) is 10.8. The van der Waals surface area contributed by atoms with Gasteiger partial charge in [0.25, 0.3) is 5.91 Å². The molecule has 172 valence electrons. The number of aromatic nitrogens is 2. The number of carbonyl (C=O) groups is 2. The van der Waals surface area contributed by atoms with E-state index < -0.39 is 17.6 Å². The molecule has 2 aromatic carbocycles. The summed E-state index contributed by atoms with van der Waals surface area (Å²) in [6.07, 6.45) is -0.368. The van der Waals surface area contributed by atoms with Crippen LogP contribution in [0.4, 0.5) is 19.1 Å². The molecule has 0 bridgehead atoms. The van der Waals surface area contributed by atoms with Gasteiger partial charge in [0.1, 0.15) is 0 Å². The Morgan fingerprint density at radius 3 is 2.73 bits per heavy atom. The molecule has 1 saturated carbocycles. The number of amides is 1. The molecule has 0 spiro atoms. The largest absolute Gasteiger partial charge is 0.416 e. The minimum atomic E-state index is -4.54. The molecule has 1 aromatic heterocycles. The molecular weight excluding hydrogens is 431 g/mol. The van der Waals surface area contributed by atoms with Crippen molar-refractivity contribution < 1.29 is 22.8 Å². The fraction of sp³-hybridized carbons (Fsp3) is 0.320. The number of fused-ring (bicyclic) bond motifs is 1. The Morgan fingerprint density at radius 1 is 1.21 bits per heavy atom. The molecule has 3 aromatic rings. The molecule has 1 aliphatic carbocycles. The number of benzene rings is 2. The van der Waals surface area contributed by atoms with Gasteiger partial charge in [-0.05, 0) is 74.1 Å². The molecule has 0 saturated heterocycles. The van der Waals surface area contributed by atoms with Crippen molar-refractivity contribution in [3.8, 4) is 0 Å². The highest BCUT2D eigenvalue weighted by Crippen LogP contribution is 2.40. The van der Waals surface area contributed by atoms with Gasteiger partial charge in [0, 0.05) is 18.0 Å². The predicted molar refractivity (Wildman–Crippen MR) is 120 cm³/mol. The number of hydrogen-bond acceptors (Lipinski definition) is 3. The monoisotopic (exact) mass is 455 g/mol. The predicted octanol–water partition coefficient (Wildman–Crippen LogP) is 6.10. The third-order valence-electron chi connectivity index (χ3n) is 6.12. The maximum absolute atomic E-state index is 13.1. The number of carbonyl (C=O) groups excluding carboxylic acids is 2. The minimum absolute atomic E-state index is 0.00448. The van der Waals surface area contributed by atoms with Crippen LogP contribution in [0.15, 0.2) is 55.1 Å². The molecule has 4 rings (SSSR count). The number of halogens is 3. The van der Waals surface area contributed by atoms with E-state index in [9.17, 15) is 22.8 Å². The normalized spacial score (nSPS) is 18.4. The van der Waals surface area contributed by atoms with Crippen LogP contribution in [0.3, 0.4) is 0 Å². The number of hydrogen-bond donors (Lipinski definition) is 1. The zero-order valence-corrected chi connectivity index (χ0v) is 18.2. The number of nitrogens with zero attached hydrogens (tertiary/aromatic N) is 2. The second-order valence-corrected chi connectivity index (χ2v) is 8.54. The van der Waals surface area contributed by atoms with Crippen LogP contribution in [0.5, 0.6) is 0 Å². The first-order valence-corrected chi connectivity index (χ1v) is 10.8. The van der Waals surface area contributed by atoms with Crippen LogP contribution in [0.2, 0.25) is 0 Å². The highest BCUT2D eigenvalue weighted by molar-refractivity contribution is 6.04. The number of anilines is 1. The van der Waals surface area contributed by atoms with Gasteiger partial charge in [-0.1, -0.05) is 18.7 Å². The Bertz CT molecular complexity index is 1230. The average Bonchev–Trinajstić information content (AvgIpc) is 3.36. The van der Waals surface area contributed by atoms with Crippen LogP contribution in [-0.4, -0.2) is 21.2 Å². The van der Waals surface area contributed by atoms with Gasteiger partial charge in [-0.2, -0.15) is 13.2 Å². The van der Waals surface area contributed by atoms with Gasteiger partial charge >= 0.3 is 6.18 Å². The third-order valence-corrected chi connectivity index (χ3v) is 6.12. The van der Waals surface area contributed by atoms with Crippen molar-refractivity contribution in [2.24, 2.45) is 5.92 Å². The Balaban J connectivity index is 1.66. The van der Waals surface area contributed by atoms with Gasteiger partial charge in [-0.25, -0.2) is 4.98 Å². The second kappa shape index (κ2) is 8.84. The SMILES string of the molecule is C=CC(=O)C[C@@H]1CC[C@H](n2c(NC(=O)c3cccc(C(F)(F)F)c3)nc3cc(C)ccc32)C1. The first-order chi connectivity index (χ1) is 15.7. The van der Waals surface area contributed by atoms with Crippen molar-refractivity contribution in [2.75, 3.05) is 5.32 Å². The van der Waals surface area contributed by atoms with Gasteiger partial charge in [0.15, 0.2) is 5.78 Å². The molecule has 1 N–H and O–H groups in total. The molecule has 0 radical (unpaired) electrons. The van der Waals surface area contributed by atoms with Crippen LogP contribution in [-0.2, 0) is 11.0 Å². The van der Waals surface area contributed by atoms with E-state index in [-0.39, 0.29) is 23.3 Å². The van der Waals surface area contributed by atoms with E-state index >= 15 is 0 Å². The molecule has 1 heterocycles. The summed E-state index contributed by atoms with van der Waals surface area (Å²) in [4.78, 5) is 29.3. The summed E-state index contributed by atoms with van der Waals surface area (Å²) in [5.74, 6) is -0.162. The number of ketones is 1. The molecule has 5 nitrogen and oxygen atoms in total. The van der Waals surface area contributed by atoms with E-state index in [1.165, 1.54) is 18.2 Å². The topological polar surface area (TPSA) is 64.0 Å². The lowest BCUT2D eigenvalue weighted by atomic mass is 10.0. The van der Waals surface area contributed by atoms with Crippen molar-refractivity contribution in [1.82, 2.24) is 9.55 Å². The van der Waals surface area contributed by atoms with Gasteiger partial charge in [0.2, 0.25) is 5.95 Å². The minimum Gasteiger partial charge on any atom is -0.307 e. The van der Waals surface area contributed by atoms with Gasteiger partial charge in [-0.15, -0.1) is 0 Å². The van der Waals surface area contributed by atoms with E-state index in [0.717, 1.165) is 42.5 Å². The van der Waals surface area contributed by atoms with Crippen molar-refractivity contribution in [1.29, 1.82) is 0 Å². The summed E-state index contributed by atoms with van der Waals surface area (Å²) in [6, 6.07) is 10.1. The Labute approximate surface area is 189 Å². The summed E-state index contributed by atoms with van der Waals surface area (Å²) in [7, 11) is 0. The number of imidazole rings is 1. The van der Waals surface area contributed by atoms with E-state index in [1.807, 2.05) is 29.7 Å². The van der Waals surface area contributed by atoms with Crippen LogP contribution in [0.1, 0.15) is 53.2 Å². The summed E-state index contributed by atoms with van der Waals surface area (Å²) >= 11 is 0. The van der Waals surface area contributed by atoms with Gasteiger partial charge < -0.3 is 4.57 Å². The Kier molecular flexibility index (Phi) is 6.10. The maximum Gasteiger partial charge on any atom is 0.416 e. The molecule has 2 atom stereocenters. The number of nitrogens with one attached hydrogen (secondary N) is 1. The van der Waals surface area contributed by atoms with E-state index in [2.05, 4.69) is 16.9 Å². The lowest BCUT2D eigenvalue weighted by Crippen LogP contribution is -2.18. The quantitative estimate of drug-likeness (QED) is 0.457. The van der Waals surface area contributed by atoms with Gasteiger partial charge in [0.05, 0.1) is 16.6 Å². The fourth-order valence-corrected chi connectivity index (χ4v) is 4.51. The van der Waals surface area contributed by atoms with Crippen LogP contribution in [0, 0.1) is 12.8 Å². The molecule has 8 heteroatoms. The molecule has 0 aliphatic heterocycles. The summed E-state index contributed by atoms with van der Waals surface area (Å²) in [6.45, 7) is 5.47. The number of allylic oxidation sites excluding steroid dienone is 1. The number of aryl methyl sites for hydroxylation is 1. The zero-order chi connectivity index (χ0) is 23.8.